The average molecular weight is 227 g/mol. The monoisotopic (exact) mass is 227 g/mol. The van der Waals surface area contributed by atoms with Gasteiger partial charge in [-0.2, -0.15) is 0 Å². The van der Waals surface area contributed by atoms with Crippen molar-refractivity contribution < 1.29 is 25.2 Å². The third kappa shape index (κ3) is 2.77. The normalized spacial score (nSPS) is 12.3. The summed E-state index contributed by atoms with van der Waals surface area (Å²) >= 11 is 0. The van der Waals surface area contributed by atoms with E-state index in [1.54, 1.807) is 0 Å². The second-order valence-corrected chi connectivity index (χ2v) is 3.42. The average Bonchev–Trinajstić information content (AvgIpc) is 2.22. The molecule has 0 radical (unpaired) electrons. The fourth-order valence-corrected chi connectivity index (χ4v) is 1.12. The Bertz CT molecular complexity index is 381. The fourth-order valence-electron chi connectivity index (χ4n) is 1.12. The van der Waals surface area contributed by atoms with E-state index in [0.717, 1.165) is 0 Å². The Hall–Kier alpha value is -1.95. The minimum atomic E-state index is -0.993. The molecule has 1 atom stereocenters. The lowest BCUT2D eigenvalue weighted by atomic mass is 10.1. The first-order valence-electron chi connectivity index (χ1n) is 4.62. The summed E-state index contributed by atoms with van der Waals surface area (Å²) in [5.74, 6) is -2.47. The number of nitrogens with one attached hydrogen (secondary N) is 1. The lowest BCUT2D eigenvalue weighted by Gasteiger charge is -2.10. The van der Waals surface area contributed by atoms with Crippen LogP contribution in [0, 0.1) is 0 Å². The van der Waals surface area contributed by atoms with Crippen molar-refractivity contribution in [3.8, 4) is 17.2 Å². The van der Waals surface area contributed by atoms with Crippen molar-refractivity contribution in [1.29, 1.82) is 0 Å². The van der Waals surface area contributed by atoms with Crippen molar-refractivity contribution in [3.05, 3.63) is 17.7 Å². The van der Waals surface area contributed by atoms with Crippen LogP contribution in [0.3, 0.4) is 0 Å². The molecule has 0 unspecified atom stereocenters. The molecule has 0 amide bonds. The van der Waals surface area contributed by atoms with Crippen LogP contribution in [0.25, 0.3) is 0 Å². The molecule has 0 aliphatic carbocycles. The molecule has 0 heterocycles. The largest absolute Gasteiger partial charge is 0.504 e. The Morgan fingerprint density at radius 1 is 1.31 bits per heavy atom. The summed E-state index contributed by atoms with van der Waals surface area (Å²) in [5, 5.41) is 38.8. The van der Waals surface area contributed by atoms with Gasteiger partial charge in [-0.3, -0.25) is 4.79 Å². The molecular formula is C10H13NO5. The van der Waals surface area contributed by atoms with Gasteiger partial charge < -0.3 is 25.7 Å². The van der Waals surface area contributed by atoms with Crippen molar-refractivity contribution in [2.24, 2.45) is 0 Å². The van der Waals surface area contributed by atoms with Crippen molar-refractivity contribution >= 4 is 5.97 Å². The second-order valence-electron chi connectivity index (χ2n) is 3.42. The van der Waals surface area contributed by atoms with Gasteiger partial charge in [-0.25, -0.2) is 0 Å². The van der Waals surface area contributed by atoms with E-state index in [1.165, 1.54) is 19.1 Å². The second kappa shape index (κ2) is 4.71. The molecule has 0 spiro atoms. The van der Waals surface area contributed by atoms with Crippen LogP contribution in [0.2, 0.25) is 0 Å². The van der Waals surface area contributed by atoms with Gasteiger partial charge in [0.15, 0.2) is 17.2 Å². The van der Waals surface area contributed by atoms with E-state index in [9.17, 15) is 15.0 Å². The Labute approximate surface area is 91.8 Å². The maximum absolute atomic E-state index is 10.5. The first kappa shape index (κ1) is 12.1. The Kier molecular flexibility index (Phi) is 3.57. The number of phenols is 3. The number of carboxylic acid groups (broad SMARTS) is 1. The van der Waals surface area contributed by atoms with Crippen molar-refractivity contribution in [3.63, 3.8) is 0 Å². The highest BCUT2D eigenvalue weighted by Crippen LogP contribution is 2.35. The molecule has 0 aliphatic heterocycles. The van der Waals surface area contributed by atoms with Crippen LogP contribution in [0.15, 0.2) is 12.1 Å². The number of carboxylic acids is 1. The summed E-state index contributed by atoms with van der Waals surface area (Å²) in [6.07, 6.45) is 0. The molecule has 0 fully saturated rings. The number of carbonyl (C=O) groups is 1. The van der Waals surface area contributed by atoms with Gasteiger partial charge in [0, 0.05) is 6.54 Å². The number of hydrogen-bond donors (Lipinski definition) is 5. The van der Waals surface area contributed by atoms with Crippen LogP contribution in [-0.4, -0.2) is 32.4 Å². The van der Waals surface area contributed by atoms with Gasteiger partial charge in [-0.15, -0.1) is 0 Å². The number of aromatic hydroxyl groups is 3. The third-order valence-corrected chi connectivity index (χ3v) is 2.11. The quantitative estimate of drug-likeness (QED) is 0.475. The Balaban J connectivity index is 2.72. The molecule has 6 nitrogen and oxygen atoms in total. The van der Waals surface area contributed by atoms with E-state index in [4.69, 9.17) is 10.2 Å². The van der Waals surface area contributed by atoms with Gasteiger partial charge >= 0.3 is 5.97 Å². The van der Waals surface area contributed by atoms with E-state index in [0.29, 0.717) is 5.56 Å². The first-order valence-corrected chi connectivity index (χ1v) is 4.62. The molecule has 0 aliphatic rings. The summed E-state index contributed by atoms with van der Waals surface area (Å²) in [4.78, 5) is 10.5. The highest BCUT2D eigenvalue weighted by molar-refractivity contribution is 5.72. The highest BCUT2D eigenvalue weighted by atomic mass is 16.4. The van der Waals surface area contributed by atoms with Crippen LogP contribution in [0.5, 0.6) is 17.2 Å². The van der Waals surface area contributed by atoms with Crippen LogP contribution >= 0.6 is 0 Å². The zero-order valence-electron chi connectivity index (χ0n) is 8.64. The standard InChI is InChI=1S/C10H13NO5/c1-5(10(15)16)11-4-6-2-7(12)9(14)8(13)3-6/h2-3,5,11-14H,4H2,1H3,(H,15,16)/t5-/m0/s1. The van der Waals surface area contributed by atoms with Gasteiger partial charge in [0.2, 0.25) is 0 Å². The van der Waals surface area contributed by atoms with Crippen molar-refractivity contribution in [2.45, 2.75) is 19.5 Å². The lowest BCUT2D eigenvalue weighted by Crippen LogP contribution is -2.33. The molecule has 5 N–H and O–H groups in total. The fraction of sp³-hybridized carbons (Fsp3) is 0.300. The van der Waals surface area contributed by atoms with Crippen molar-refractivity contribution in [2.75, 3.05) is 0 Å². The minimum Gasteiger partial charge on any atom is -0.504 e. The summed E-state index contributed by atoms with van der Waals surface area (Å²) < 4.78 is 0. The maximum Gasteiger partial charge on any atom is 0.320 e. The molecule has 0 aromatic heterocycles. The predicted molar refractivity (Wildman–Crippen MR) is 55.4 cm³/mol. The van der Waals surface area contributed by atoms with E-state index in [-0.39, 0.29) is 6.54 Å². The SMILES string of the molecule is C[C@H](NCc1cc(O)c(O)c(O)c1)C(=O)O. The van der Waals surface area contributed by atoms with E-state index in [2.05, 4.69) is 5.32 Å². The predicted octanol–water partition coefficient (Wildman–Crippen LogP) is 0.366. The number of phenolic OH excluding ortho intramolecular Hbond substituents is 3. The Morgan fingerprint density at radius 3 is 2.25 bits per heavy atom. The van der Waals surface area contributed by atoms with Crippen LogP contribution in [0.1, 0.15) is 12.5 Å². The number of hydrogen-bond acceptors (Lipinski definition) is 5. The van der Waals surface area contributed by atoms with E-state index in [1.807, 2.05) is 0 Å². The molecule has 0 saturated carbocycles. The molecule has 6 heteroatoms. The van der Waals surface area contributed by atoms with Crippen LogP contribution < -0.4 is 5.32 Å². The van der Waals surface area contributed by atoms with Gasteiger partial charge in [0.1, 0.15) is 6.04 Å². The van der Waals surface area contributed by atoms with Gasteiger partial charge in [0.25, 0.3) is 0 Å². The summed E-state index contributed by atoms with van der Waals surface area (Å²) in [6.45, 7) is 1.64. The molecule has 1 aromatic carbocycles. The third-order valence-electron chi connectivity index (χ3n) is 2.11. The number of rotatable bonds is 4. The number of benzene rings is 1. The van der Waals surface area contributed by atoms with E-state index >= 15 is 0 Å². The molecule has 1 rings (SSSR count). The van der Waals surface area contributed by atoms with E-state index < -0.39 is 29.3 Å². The zero-order chi connectivity index (χ0) is 12.3. The van der Waals surface area contributed by atoms with Gasteiger partial charge in [-0.1, -0.05) is 0 Å². The lowest BCUT2D eigenvalue weighted by molar-refractivity contribution is -0.139. The molecular weight excluding hydrogens is 214 g/mol. The minimum absolute atomic E-state index is 0.162. The van der Waals surface area contributed by atoms with Crippen LogP contribution in [0.4, 0.5) is 0 Å². The highest BCUT2D eigenvalue weighted by Gasteiger charge is 2.11. The molecule has 16 heavy (non-hydrogen) atoms. The van der Waals surface area contributed by atoms with Crippen molar-refractivity contribution in [1.82, 2.24) is 5.32 Å². The molecule has 0 bridgehead atoms. The zero-order valence-corrected chi connectivity index (χ0v) is 8.64. The number of aliphatic carboxylic acids is 1. The summed E-state index contributed by atoms with van der Waals surface area (Å²) in [6, 6.07) is 1.76. The topological polar surface area (TPSA) is 110 Å². The van der Waals surface area contributed by atoms with Crippen LogP contribution in [-0.2, 0) is 11.3 Å². The summed E-state index contributed by atoms with van der Waals surface area (Å²) in [7, 11) is 0. The first-order chi connectivity index (χ1) is 7.41. The molecule has 0 saturated heterocycles. The van der Waals surface area contributed by atoms with Gasteiger partial charge in [0.05, 0.1) is 0 Å². The Morgan fingerprint density at radius 2 is 1.81 bits per heavy atom. The smallest absolute Gasteiger partial charge is 0.320 e. The summed E-state index contributed by atoms with van der Waals surface area (Å²) in [5.41, 5.74) is 0.473. The van der Waals surface area contributed by atoms with Gasteiger partial charge in [-0.05, 0) is 24.6 Å². The molecule has 88 valence electrons. The molecule has 1 aromatic rings. The maximum atomic E-state index is 10.5.